The van der Waals surface area contributed by atoms with Crippen molar-refractivity contribution in [1.82, 2.24) is 5.32 Å². The first kappa shape index (κ1) is 13.9. The zero-order valence-corrected chi connectivity index (χ0v) is 12.9. The van der Waals surface area contributed by atoms with Gasteiger partial charge in [-0.25, -0.2) is 0 Å². The molecule has 1 N–H and O–H groups in total. The van der Waals surface area contributed by atoms with E-state index in [0.29, 0.717) is 18.0 Å². The molecule has 5 unspecified atom stereocenters. The van der Waals surface area contributed by atoms with Gasteiger partial charge in [0, 0.05) is 12.1 Å². The second kappa shape index (κ2) is 5.73. The van der Waals surface area contributed by atoms with Crippen molar-refractivity contribution in [3.8, 4) is 0 Å². The molecule has 0 aromatic heterocycles. The summed E-state index contributed by atoms with van der Waals surface area (Å²) in [5.41, 5.74) is 1.42. The first-order valence-electron chi connectivity index (χ1n) is 8.14. The Labute approximate surface area is 123 Å². The van der Waals surface area contributed by atoms with Crippen molar-refractivity contribution in [2.45, 2.75) is 45.7 Å². The number of fused-ring (bicyclic) bond motifs is 2. The van der Waals surface area contributed by atoms with Gasteiger partial charge >= 0.3 is 0 Å². The van der Waals surface area contributed by atoms with Crippen LogP contribution in [-0.2, 0) is 0 Å². The Morgan fingerprint density at radius 2 is 1.75 bits per heavy atom. The predicted molar refractivity (Wildman–Crippen MR) is 85.5 cm³/mol. The lowest BCUT2D eigenvalue weighted by atomic mass is 9.86. The minimum atomic E-state index is 0.467. The minimum Gasteiger partial charge on any atom is -0.307 e. The summed E-state index contributed by atoms with van der Waals surface area (Å²) in [6.45, 7) is 7.02. The Morgan fingerprint density at radius 1 is 1.00 bits per heavy atom. The van der Waals surface area contributed by atoms with Crippen LogP contribution in [0, 0.1) is 23.7 Å². The van der Waals surface area contributed by atoms with E-state index < -0.39 is 0 Å². The number of nitrogens with one attached hydrogen (secondary N) is 1. The summed E-state index contributed by atoms with van der Waals surface area (Å²) < 4.78 is 0. The van der Waals surface area contributed by atoms with Crippen LogP contribution in [0.25, 0.3) is 0 Å². The third-order valence-corrected chi connectivity index (χ3v) is 5.24. The van der Waals surface area contributed by atoms with Crippen molar-refractivity contribution in [2.75, 3.05) is 0 Å². The third-order valence-electron chi connectivity index (χ3n) is 5.24. The molecule has 0 amide bonds. The molecular formula is C19H27N. The van der Waals surface area contributed by atoms with Gasteiger partial charge in [0.05, 0.1) is 0 Å². The van der Waals surface area contributed by atoms with Crippen LogP contribution in [0.15, 0.2) is 42.5 Å². The second-order valence-electron chi connectivity index (χ2n) is 7.03. The highest BCUT2D eigenvalue weighted by atomic mass is 15.0. The monoisotopic (exact) mass is 269 g/mol. The van der Waals surface area contributed by atoms with Crippen LogP contribution < -0.4 is 5.32 Å². The zero-order valence-electron chi connectivity index (χ0n) is 12.9. The van der Waals surface area contributed by atoms with E-state index in [-0.39, 0.29) is 0 Å². The van der Waals surface area contributed by atoms with Crippen molar-refractivity contribution in [3.05, 3.63) is 48.0 Å². The van der Waals surface area contributed by atoms with E-state index in [1.807, 2.05) is 0 Å². The van der Waals surface area contributed by atoms with Gasteiger partial charge in [-0.1, -0.05) is 56.3 Å². The quantitative estimate of drug-likeness (QED) is 0.772. The lowest BCUT2D eigenvalue weighted by Gasteiger charge is -2.32. The maximum absolute atomic E-state index is 3.93. The SMILES string of the molecule is CC(C)C(NC(C)C1CC2C=CC1C2)c1ccccc1. The van der Waals surface area contributed by atoms with E-state index in [1.165, 1.54) is 18.4 Å². The summed E-state index contributed by atoms with van der Waals surface area (Å²) in [6, 6.07) is 12.0. The largest absolute Gasteiger partial charge is 0.307 e. The van der Waals surface area contributed by atoms with Crippen molar-refractivity contribution in [1.29, 1.82) is 0 Å². The van der Waals surface area contributed by atoms with E-state index in [0.717, 1.165) is 17.8 Å². The van der Waals surface area contributed by atoms with E-state index in [9.17, 15) is 0 Å². The average molecular weight is 269 g/mol. The fourth-order valence-electron chi connectivity index (χ4n) is 4.14. The first-order valence-corrected chi connectivity index (χ1v) is 8.14. The van der Waals surface area contributed by atoms with Crippen molar-refractivity contribution in [3.63, 3.8) is 0 Å². The molecule has 0 saturated heterocycles. The number of benzene rings is 1. The standard InChI is InChI=1S/C19H27N/c1-13(2)19(16-7-5-4-6-8-16)20-14(3)18-12-15-9-10-17(18)11-15/h4-10,13-15,17-20H,11-12H2,1-3H3. The maximum atomic E-state index is 3.93. The van der Waals surface area contributed by atoms with Crippen LogP contribution >= 0.6 is 0 Å². The van der Waals surface area contributed by atoms with E-state index in [1.54, 1.807) is 0 Å². The summed E-state index contributed by atoms with van der Waals surface area (Å²) in [6.07, 6.45) is 7.68. The van der Waals surface area contributed by atoms with Gasteiger partial charge in [-0.3, -0.25) is 0 Å². The molecular weight excluding hydrogens is 242 g/mol. The first-order chi connectivity index (χ1) is 9.65. The third kappa shape index (κ3) is 2.69. The number of allylic oxidation sites excluding steroid dienone is 2. The van der Waals surface area contributed by atoms with Gasteiger partial charge in [-0.05, 0) is 49.0 Å². The Balaban J connectivity index is 1.69. The van der Waals surface area contributed by atoms with Crippen LogP contribution in [0.2, 0.25) is 0 Å². The van der Waals surface area contributed by atoms with Gasteiger partial charge in [-0.15, -0.1) is 0 Å². The number of hydrogen-bond donors (Lipinski definition) is 1. The highest BCUT2D eigenvalue weighted by molar-refractivity contribution is 5.20. The maximum Gasteiger partial charge on any atom is 0.0345 e. The molecule has 108 valence electrons. The summed E-state index contributed by atoms with van der Waals surface area (Å²) in [4.78, 5) is 0. The Kier molecular flexibility index (Phi) is 3.98. The van der Waals surface area contributed by atoms with Crippen molar-refractivity contribution < 1.29 is 0 Å². The van der Waals surface area contributed by atoms with Gasteiger partial charge < -0.3 is 5.32 Å². The van der Waals surface area contributed by atoms with Gasteiger partial charge in [0.25, 0.3) is 0 Å². The molecule has 1 saturated carbocycles. The Hall–Kier alpha value is -1.08. The topological polar surface area (TPSA) is 12.0 Å². The Morgan fingerprint density at radius 3 is 2.30 bits per heavy atom. The van der Waals surface area contributed by atoms with Gasteiger partial charge in [0.1, 0.15) is 0 Å². The molecule has 1 heteroatoms. The number of hydrogen-bond acceptors (Lipinski definition) is 1. The average Bonchev–Trinajstić information content (AvgIpc) is 3.07. The summed E-state index contributed by atoms with van der Waals surface area (Å²) in [5, 5.41) is 3.93. The minimum absolute atomic E-state index is 0.467. The van der Waals surface area contributed by atoms with Crippen LogP contribution in [0.5, 0.6) is 0 Å². The fraction of sp³-hybridized carbons (Fsp3) is 0.579. The lowest BCUT2D eigenvalue weighted by Crippen LogP contribution is -2.39. The zero-order chi connectivity index (χ0) is 14.1. The normalized spacial score (nSPS) is 30.9. The van der Waals surface area contributed by atoms with Crippen LogP contribution in [-0.4, -0.2) is 6.04 Å². The molecule has 2 aliphatic rings. The van der Waals surface area contributed by atoms with Crippen molar-refractivity contribution in [2.24, 2.45) is 23.7 Å². The molecule has 1 fully saturated rings. The molecule has 1 nitrogen and oxygen atoms in total. The number of rotatable bonds is 5. The molecule has 1 aromatic carbocycles. The summed E-state index contributed by atoms with van der Waals surface area (Å²) >= 11 is 0. The van der Waals surface area contributed by atoms with Gasteiger partial charge in [0.15, 0.2) is 0 Å². The molecule has 20 heavy (non-hydrogen) atoms. The smallest absolute Gasteiger partial charge is 0.0345 e. The molecule has 2 aliphatic carbocycles. The van der Waals surface area contributed by atoms with Crippen LogP contribution in [0.1, 0.15) is 45.2 Å². The molecule has 0 spiro atoms. The molecule has 0 heterocycles. The van der Waals surface area contributed by atoms with E-state index in [4.69, 9.17) is 0 Å². The molecule has 0 radical (unpaired) electrons. The molecule has 2 bridgehead atoms. The van der Waals surface area contributed by atoms with Gasteiger partial charge in [0.2, 0.25) is 0 Å². The van der Waals surface area contributed by atoms with Crippen LogP contribution in [0.3, 0.4) is 0 Å². The van der Waals surface area contributed by atoms with E-state index in [2.05, 4.69) is 68.6 Å². The molecule has 5 atom stereocenters. The van der Waals surface area contributed by atoms with Crippen LogP contribution in [0.4, 0.5) is 0 Å². The molecule has 1 aromatic rings. The molecule has 3 rings (SSSR count). The molecule has 0 aliphatic heterocycles. The highest BCUT2D eigenvalue weighted by Gasteiger charge is 2.39. The lowest BCUT2D eigenvalue weighted by molar-refractivity contribution is 0.273. The Bertz CT molecular complexity index is 462. The summed E-state index contributed by atoms with van der Waals surface area (Å²) in [5.74, 6) is 3.14. The second-order valence-corrected chi connectivity index (χ2v) is 7.03. The fourth-order valence-corrected chi connectivity index (χ4v) is 4.14. The highest BCUT2D eigenvalue weighted by Crippen LogP contribution is 2.45. The predicted octanol–water partition coefficient (Wildman–Crippen LogP) is 4.57. The van der Waals surface area contributed by atoms with E-state index >= 15 is 0 Å². The van der Waals surface area contributed by atoms with Crippen molar-refractivity contribution >= 4 is 0 Å². The summed E-state index contributed by atoms with van der Waals surface area (Å²) in [7, 11) is 0. The van der Waals surface area contributed by atoms with Gasteiger partial charge in [-0.2, -0.15) is 0 Å².